The Labute approximate surface area is 86.3 Å². The lowest BCUT2D eigenvalue weighted by Crippen LogP contribution is -2.23. The van der Waals surface area contributed by atoms with E-state index in [2.05, 4.69) is 33.0 Å². The summed E-state index contributed by atoms with van der Waals surface area (Å²) in [6, 6.07) is 0.750. The minimum Gasteiger partial charge on any atom is -0.317 e. The molecule has 0 aliphatic carbocycles. The van der Waals surface area contributed by atoms with Gasteiger partial charge in [0.1, 0.15) is 0 Å². The average Bonchev–Trinajstić information content (AvgIpc) is 2.18. The average molecular weight is 189 g/mol. The molecule has 0 amide bonds. The number of rotatable bonds is 4. The second-order valence-corrected chi connectivity index (χ2v) is 2.89. The van der Waals surface area contributed by atoms with E-state index in [1.165, 1.54) is 25.7 Å². The van der Waals surface area contributed by atoms with E-state index in [1.54, 1.807) is 0 Å². The van der Waals surface area contributed by atoms with Gasteiger partial charge in [-0.2, -0.15) is 0 Å². The third-order valence-corrected chi connectivity index (χ3v) is 1.54. The van der Waals surface area contributed by atoms with E-state index in [0.29, 0.717) is 0 Å². The van der Waals surface area contributed by atoms with Gasteiger partial charge in [0.05, 0.1) is 0 Å². The van der Waals surface area contributed by atoms with Gasteiger partial charge in [-0.3, -0.25) is 0 Å². The fourth-order valence-electron chi connectivity index (χ4n) is 0.901. The van der Waals surface area contributed by atoms with Crippen LogP contribution in [0, 0.1) is 0 Å². The Kier molecular flexibility index (Phi) is 32.6. The van der Waals surface area contributed by atoms with Crippen molar-refractivity contribution in [3.63, 3.8) is 0 Å². The predicted molar refractivity (Wildman–Crippen MR) is 65.4 cm³/mol. The number of hydrogen-bond donors (Lipinski definition) is 1. The highest BCUT2D eigenvalue weighted by Crippen LogP contribution is 1.98. The molecule has 1 nitrogen and oxygen atoms in total. The smallest absolute Gasteiger partial charge is 0.00613 e. The minimum atomic E-state index is 0.750. The Bertz CT molecular complexity index is 49.1. The summed E-state index contributed by atoms with van der Waals surface area (Å²) in [5, 5.41) is 3.25. The molecule has 0 aromatic heterocycles. The van der Waals surface area contributed by atoms with E-state index in [-0.39, 0.29) is 0 Å². The lowest BCUT2D eigenvalue weighted by atomic mass is 10.1. The summed E-state index contributed by atoms with van der Waals surface area (Å²) in [6.45, 7) is 12.7. The molecule has 0 bridgehead atoms. The SMILES string of the molecule is CC.CCC.CCCC(CC)NC. The first-order chi connectivity index (χ1) is 6.26. The van der Waals surface area contributed by atoms with Crippen molar-refractivity contribution in [3.8, 4) is 0 Å². The van der Waals surface area contributed by atoms with Crippen LogP contribution >= 0.6 is 0 Å². The molecule has 0 aromatic carbocycles. The van der Waals surface area contributed by atoms with Gasteiger partial charge in [-0.05, 0) is 19.9 Å². The van der Waals surface area contributed by atoms with Gasteiger partial charge in [0.15, 0.2) is 0 Å². The molecule has 0 rings (SSSR count). The first-order valence-electron chi connectivity index (χ1n) is 5.93. The zero-order valence-electron chi connectivity index (χ0n) is 10.9. The normalized spacial score (nSPS) is 10.4. The van der Waals surface area contributed by atoms with Crippen LogP contribution in [0.25, 0.3) is 0 Å². The molecular weight excluding hydrogens is 158 g/mol. The molecule has 0 heterocycles. The van der Waals surface area contributed by atoms with Crippen molar-refractivity contribution in [2.45, 2.75) is 73.3 Å². The summed E-state index contributed by atoms with van der Waals surface area (Å²) >= 11 is 0. The molecular formula is C12H31N. The maximum Gasteiger partial charge on any atom is 0.00613 e. The molecule has 13 heavy (non-hydrogen) atoms. The molecule has 0 aromatic rings. The summed E-state index contributed by atoms with van der Waals surface area (Å²) in [7, 11) is 2.03. The Morgan fingerprint density at radius 1 is 1.00 bits per heavy atom. The van der Waals surface area contributed by atoms with Crippen LogP contribution < -0.4 is 5.32 Å². The van der Waals surface area contributed by atoms with Crippen LogP contribution in [-0.2, 0) is 0 Å². The van der Waals surface area contributed by atoms with Gasteiger partial charge in [-0.15, -0.1) is 0 Å². The number of nitrogens with one attached hydrogen (secondary N) is 1. The highest BCUT2D eigenvalue weighted by molar-refractivity contribution is 4.59. The molecule has 1 heteroatoms. The summed E-state index contributed by atoms with van der Waals surface area (Å²) in [6.07, 6.45) is 5.11. The molecule has 1 unspecified atom stereocenters. The lowest BCUT2D eigenvalue weighted by Gasteiger charge is -2.10. The van der Waals surface area contributed by atoms with Gasteiger partial charge in [-0.25, -0.2) is 0 Å². The van der Waals surface area contributed by atoms with Crippen molar-refractivity contribution in [1.82, 2.24) is 5.32 Å². The molecule has 1 N–H and O–H groups in total. The van der Waals surface area contributed by atoms with Crippen molar-refractivity contribution in [3.05, 3.63) is 0 Å². The highest BCUT2D eigenvalue weighted by atomic mass is 14.9. The van der Waals surface area contributed by atoms with Crippen LogP contribution in [-0.4, -0.2) is 13.1 Å². The second-order valence-electron chi connectivity index (χ2n) is 2.89. The van der Waals surface area contributed by atoms with Crippen molar-refractivity contribution < 1.29 is 0 Å². The van der Waals surface area contributed by atoms with E-state index >= 15 is 0 Å². The molecule has 0 aliphatic heterocycles. The van der Waals surface area contributed by atoms with Crippen LogP contribution in [0.15, 0.2) is 0 Å². The summed E-state index contributed by atoms with van der Waals surface area (Å²) in [4.78, 5) is 0. The van der Waals surface area contributed by atoms with Gasteiger partial charge in [0, 0.05) is 6.04 Å². The number of hydrogen-bond acceptors (Lipinski definition) is 1. The molecule has 84 valence electrons. The van der Waals surface area contributed by atoms with E-state index in [9.17, 15) is 0 Å². The molecule has 1 atom stereocenters. The predicted octanol–water partition coefficient (Wildman–Crippen LogP) is 4.23. The molecule has 0 aliphatic rings. The van der Waals surface area contributed by atoms with Crippen molar-refractivity contribution in [1.29, 1.82) is 0 Å². The van der Waals surface area contributed by atoms with Crippen LogP contribution in [0.2, 0.25) is 0 Å². The maximum absolute atomic E-state index is 3.25. The maximum atomic E-state index is 3.25. The zero-order valence-corrected chi connectivity index (χ0v) is 10.9. The van der Waals surface area contributed by atoms with Crippen molar-refractivity contribution in [2.75, 3.05) is 7.05 Å². The first-order valence-corrected chi connectivity index (χ1v) is 5.93. The monoisotopic (exact) mass is 189 g/mol. The lowest BCUT2D eigenvalue weighted by molar-refractivity contribution is 0.503. The fourth-order valence-corrected chi connectivity index (χ4v) is 0.901. The standard InChI is InChI=1S/C7H17N.C3H8.C2H6/c1-4-6-7(5-2)8-3;1-3-2;1-2/h7-8H,4-6H2,1-3H3;3H2,1-2H3;1-2H3. The second kappa shape index (κ2) is 22.7. The quantitative estimate of drug-likeness (QED) is 0.698. The van der Waals surface area contributed by atoms with Crippen LogP contribution in [0.5, 0.6) is 0 Å². The first kappa shape index (κ1) is 18.7. The topological polar surface area (TPSA) is 12.0 Å². The van der Waals surface area contributed by atoms with Crippen molar-refractivity contribution in [2.24, 2.45) is 0 Å². The van der Waals surface area contributed by atoms with Gasteiger partial charge < -0.3 is 5.32 Å². The van der Waals surface area contributed by atoms with Gasteiger partial charge >= 0.3 is 0 Å². The minimum absolute atomic E-state index is 0.750. The largest absolute Gasteiger partial charge is 0.317 e. The Balaban J connectivity index is -0.000000169. The van der Waals surface area contributed by atoms with E-state index in [4.69, 9.17) is 0 Å². The zero-order chi connectivity index (χ0) is 11.1. The summed E-state index contributed by atoms with van der Waals surface area (Å²) in [5.74, 6) is 0. The summed E-state index contributed by atoms with van der Waals surface area (Å²) in [5.41, 5.74) is 0. The van der Waals surface area contributed by atoms with Gasteiger partial charge in [0.2, 0.25) is 0 Å². The van der Waals surface area contributed by atoms with Gasteiger partial charge in [0.25, 0.3) is 0 Å². The molecule has 0 radical (unpaired) electrons. The molecule has 0 spiro atoms. The third-order valence-electron chi connectivity index (χ3n) is 1.54. The molecule has 0 fully saturated rings. The van der Waals surface area contributed by atoms with Gasteiger partial charge in [-0.1, -0.05) is 54.4 Å². The Morgan fingerprint density at radius 3 is 1.46 bits per heavy atom. The fraction of sp³-hybridized carbons (Fsp3) is 1.00. The molecule has 0 saturated heterocycles. The van der Waals surface area contributed by atoms with E-state index in [1.807, 2.05) is 20.9 Å². The highest BCUT2D eigenvalue weighted by Gasteiger charge is 1.97. The van der Waals surface area contributed by atoms with E-state index in [0.717, 1.165) is 6.04 Å². The van der Waals surface area contributed by atoms with Crippen molar-refractivity contribution >= 4 is 0 Å². The van der Waals surface area contributed by atoms with Crippen LogP contribution in [0.4, 0.5) is 0 Å². The third kappa shape index (κ3) is 24.5. The Hall–Kier alpha value is -0.0400. The van der Waals surface area contributed by atoms with E-state index < -0.39 is 0 Å². The van der Waals surface area contributed by atoms with Crippen LogP contribution in [0.3, 0.4) is 0 Å². The molecule has 0 saturated carbocycles. The van der Waals surface area contributed by atoms with Crippen LogP contribution in [0.1, 0.15) is 67.2 Å². The summed E-state index contributed by atoms with van der Waals surface area (Å²) < 4.78 is 0. The Morgan fingerprint density at radius 2 is 1.38 bits per heavy atom.